The lowest BCUT2D eigenvalue weighted by Crippen LogP contribution is -2.63. The molecule has 32 heavy (non-hydrogen) atoms. The van der Waals surface area contributed by atoms with Gasteiger partial charge in [0.15, 0.2) is 18.0 Å². The Kier molecular flexibility index (Phi) is 8.79. The summed E-state index contributed by atoms with van der Waals surface area (Å²) in [4.78, 5) is 47.3. The van der Waals surface area contributed by atoms with Crippen molar-refractivity contribution < 1.29 is 47.6 Å². The maximum absolute atomic E-state index is 11.9. The van der Waals surface area contributed by atoms with Crippen LogP contribution in [0.15, 0.2) is 23.8 Å². The van der Waals surface area contributed by atoms with Crippen LogP contribution in [0.2, 0.25) is 0 Å². The summed E-state index contributed by atoms with van der Waals surface area (Å²) in [5, 5.41) is 1.67. The van der Waals surface area contributed by atoms with Crippen LogP contribution in [0.3, 0.4) is 0 Å². The SMILES string of the molecule is C=C(C)OC1C(Oc2ccsc2C(C)=O)OC(COC(C)=O)C(OC(C)=O)C1OC(C)=O. The third kappa shape index (κ3) is 6.79. The van der Waals surface area contributed by atoms with Gasteiger partial charge >= 0.3 is 17.9 Å². The van der Waals surface area contributed by atoms with Gasteiger partial charge in [-0.15, -0.1) is 11.3 Å². The third-order valence-electron chi connectivity index (χ3n) is 4.18. The van der Waals surface area contributed by atoms with Gasteiger partial charge in [-0.1, -0.05) is 6.58 Å². The maximum atomic E-state index is 11.9. The van der Waals surface area contributed by atoms with Crippen molar-refractivity contribution in [3.8, 4) is 5.75 Å². The molecule has 0 N–H and O–H groups in total. The number of hydrogen-bond acceptors (Lipinski definition) is 11. The fraction of sp³-hybridized carbons (Fsp3) is 0.524. The zero-order chi connectivity index (χ0) is 24.0. The second-order valence-corrected chi connectivity index (χ2v) is 7.98. The van der Waals surface area contributed by atoms with E-state index in [-0.39, 0.29) is 23.9 Å². The van der Waals surface area contributed by atoms with Crippen molar-refractivity contribution in [3.63, 3.8) is 0 Å². The summed E-state index contributed by atoms with van der Waals surface area (Å²) in [6.07, 6.45) is -5.76. The van der Waals surface area contributed by atoms with Gasteiger partial charge in [-0.3, -0.25) is 19.2 Å². The highest BCUT2D eigenvalue weighted by Crippen LogP contribution is 2.34. The molecule has 2 rings (SSSR count). The molecular weight excluding hydrogens is 444 g/mol. The van der Waals surface area contributed by atoms with Crippen LogP contribution in [0, 0.1) is 0 Å². The average molecular weight is 470 g/mol. The Morgan fingerprint density at radius 3 is 2.09 bits per heavy atom. The van der Waals surface area contributed by atoms with E-state index in [4.69, 9.17) is 28.4 Å². The summed E-state index contributed by atoms with van der Waals surface area (Å²) in [6.45, 7) is 9.92. The van der Waals surface area contributed by atoms with Gasteiger partial charge in [-0.2, -0.15) is 0 Å². The molecule has 5 atom stereocenters. The van der Waals surface area contributed by atoms with Crippen LogP contribution in [0.1, 0.15) is 44.3 Å². The molecular formula is C21H26O10S. The van der Waals surface area contributed by atoms with Crippen LogP contribution in [-0.2, 0) is 38.1 Å². The molecule has 1 aromatic heterocycles. The lowest BCUT2D eigenvalue weighted by Gasteiger charge is -2.44. The number of allylic oxidation sites excluding steroid dienone is 1. The van der Waals surface area contributed by atoms with Crippen LogP contribution >= 0.6 is 11.3 Å². The quantitative estimate of drug-likeness (QED) is 0.230. The molecule has 176 valence electrons. The lowest BCUT2D eigenvalue weighted by atomic mass is 9.98. The minimum atomic E-state index is -1.23. The number of thiophene rings is 1. The summed E-state index contributed by atoms with van der Waals surface area (Å²) in [7, 11) is 0. The molecule has 5 unspecified atom stereocenters. The number of rotatable bonds is 9. The van der Waals surface area contributed by atoms with Gasteiger partial charge in [0.05, 0.1) is 5.76 Å². The van der Waals surface area contributed by atoms with Crippen LogP contribution in [-0.4, -0.2) is 61.0 Å². The van der Waals surface area contributed by atoms with Crippen LogP contribution in [0.25, 0.3) is 0 Å². The monoisotopic (exact) mass is 470 g/mol. The topological polar surface area (TPSA) is 124 Å². The van der Waals surface area contributed by atoms with Gasteiger partial charge in [0, 0.05) is 27.7 Å². The zero-order valence-electron chi connectivity index (χ0n) is 18.4. The molecule has 2 heterocycles. The van der Waals surface area contributed by atoms with E-state index in [1.807, 2.05) is 0 Å². The molecule has 1 aliphatic rings. The fourth-order valence-electron chi connectivity index (χ4n) is 3.10. The van der Waals surface area contributed by atoms with Crippen molar-refractivity contribution in [2.45, 2.75) is 65.3 Å². The molecule has 1 aliphatic heterocycles. The number of hydrogen-bond donors (Lipinski definition) is 0. The van der Waals surface area contributed by atoms with Crippen molar-refractivity contribution in [1.29, 1.82) is 0 Å². The highest BCUT2D eigenvalue weighted by Gasteiger charge is 2.53. The van der Waals surface area contributed by atoms with E-state index in [0.717, 1.165) is 0 Å². The molecule has 1 saturated heterocycles. The normalized spacial score (nSPS) is 24.7. The Bertz CT molecular complexity index is 876. The highest BCUT2D eigenvalue weighted by molar-refractivity contribution is 7.12. The lowest BCUT2D eigenvalue weighted by molar-refractivity contribution is -0.287. The molecule has 0 bridgehead atoms. The van der Waals surface area contributed by atoms with E-state index in [1.165, 1.54) is 39.0 Å². The summed E-state index contributed by atoms with van der Waals surface area (Å²) in [5.41, 5.74) is 0. The van der Waals surface area contributed by atoms with E-state index >= 15 is 0 Å². The predicted molar refractivity (Wildman–Crippen MR) is 111 cm³/mol. The summed E-state index contributed by atoms with van der Waals surface area (Å²) < 4.78 is 33.5. The van der Waals surface area contributed by atoms with Crippen molar-refractivity contribution in [2.75, 3.05) is 6.61 Å². The summed E-state index contributed by atoms with van der Waals surface area (Å²) in [5.74, 6) is -1.66. The number of Topliss-reactive ketones (excluding diaryl/α,β-unsaturated/α-hetero) is 1. The second kappa shape index (κ2) is 11.1. The van der Waals surface area contributed by atoms with Gasteiger partial charge in [0.25, 0.3) is 0 Å². The minimum Gasteiger partial charge on any atom is -0.485 e. The second-order valence-electron chi connectivity index (χ2n) is 7.07. The number of ether oxygens (including phenoxy) is 6. The van der Waals surface area contributed by atoms with E-state index < -0.39 is 48.6 Å². The van der Waals surface area contributed by atoms with Crippen molar-refractivity contribution in [1.82, 2.24) is 0 Å². The van der Waals surface area contributed by atoms with E-state index in [9.17, 15) is 19.2 Å². The van der Waals surface area contributed by atoms with Gasteiger partial charge in [0.1, 0.15) is 23.3 Å². The number of esters is 3. The fourth-order valence-corrected chi connectivity index (χ4v) is 3.82. The van der Waals surface area contributed by atoms with Crippen LogP contribution in [0.4, 0.5) is 0 Å². The maximum Gasteiger partial charge on any atom is 0.303 e. The molecule has 0 aromatic carbocycles. The largest absolute Gasteiger partial charge is 0.485 e. The molecule has 0 spiro atoms. The number of carbonyl (C=O) groups is 4. The first-order chi connectivity index (χ1) is 15.0. The van der Waals surface area contributed by atoms with E-state index in [0.29, 0.717) is 4.88 Å². The molecule has 10 nitrogen and oxygen atoms in total. The number of carbonyl (C=O) groups excluding carboxylic acids is 4. The highest BCUT2D eigenvalue weighted by atomic mass is 32.1. The van der Waals surface area contributed by atoms with Crippen LogP contribution < -0.4 is 4.74 Å². The van der Waals surface area contributed by atoms with Crippen molar-refractivity contribution in [3.05, 3.63) is 28.7 Å². The molecule has 0 radical (unpaired) electrons. The third-order valence-corrected chi connectivity index (χ3v) is 5.17. The van der Waals surface area contributed by atoms with Gasteiger partial charge in [0.2, 0.25) is 12.4 Å². The van der Waals surface area contributed by atoms with E-state index in [2.05, 4.69) is 6.58 Å². The smallest absolute Gasteiger partial charge is 0.303 e. The molecule has 1 fully saturated rings. The average Bonchev–Trinajstić information content (AvgIpc) is 3.12. The Morgan fingerprint density at radius 2 is 1.56 bits per heavy atom. The van der Waals surface area contributed by atoms with Crippen molar-refractivity contribution in [2.24, 2.45) is 0 Å². The molecule has 1 aromatic rings. The Labute approximate surface area is 189 Å². The Hall–Kier alpha value is -2.92. The van der Waals surface area contributed by atoms with E-state index in [1.54, 1.807) is 18.4 Å². The molecule has 0 aliphatic carbocycles. The first kappa shape index (κ1) is 25.3. The summed E-state index contributed by atoms with van der Waals surface area (Å²) >= 11 is 1.18. The molecule has 0 saturated carbocycles. The van der Waals surface area contributed by atoms with Gasteiger partial charge in [-0.05, 0) is 18.4 Å². The number of ketones is 1. The predicted octanol–water partition coefficient (Wildman–Crippen LogP) is 2.40. The standard InChI is InChI=1S/C21H26O10S/c1-10(2)27-19-18(29-14(6)25)17(28-13(5)24)16(9-26-12(4)23)31-21(19)30-15-7-8-32-20(15)11(3)22/h7-8,16-19,21H,1,9H2,2-6H3. The van der Waals surface area contributed by atoms with Gasteiger partial charge in [-0.25, -0.2) is 0 Å². The Balaban J connectivity index is 2.48. The zero-order valence-corrected chi connectivity index (χ0v) is 19.3. The molecule has 0 amide bonds. The van der Waals surface area contributed by atoms with Crippen molar-refractivity contribution >= 4 is 35.0 Å². The first-order valence-electron chi connectivity index (χ1n) is 9.70. The minimum absolute atomic E-state index is 0.214. The first-order valence-corrected chi connectivity index (χ1v) is 10.6. The molecule has 11 heteroatoms. The summed E-state index contributed by atoms with van der Waals surface area (Å²) in [6, 6.07) is 1.59. The Morgan fingerprint density at radius 1 is 0.938 bits per heavy atom. The van der Waals surface area contributed by atoms with Gasteiger partial charge < -0.3 is 28.4 Å². The van der Waals surface area contributed by atoms with Crippen LogP contribution in [0.5, 0.6) is 5.75 Å².